The third-order valence-electron chi connectivity index (χ3n) is 2.79. The molecule has 15 heavy (non-hydrogen) atoms. The van der Waals surface area contributed by atoms with Crippen molar-refractivity contribution in [1.29, 1.82) is 0 Å². The second kappa shape index (κ2) is 5.88. The van der Waals surface area contributed by atoms with Crippen molar-refractivity contribution in [2.24, 2.45) is 0 Å². The summed E-state index contributed by atoms with van der Waals surface area (Å²) in [5, 5.41) is 8.72. The van der Waals surface area contributed by atoms with Crippen LogP contribution >= 0.6 is 0 Å². The van der Waals surface area contributed by atoms with Crippen LogP contribution in [-0.4, -0.2) is 48.3 Å². The normalized spacial score (nSPS) is 24.1. The van der Waals surface area contributed by atoms with E-state index in [-0.39, 0.29) is 0 Å². The summed E-state index contributed by atoms with van der Waals surface area (Å²) < 4.78 is 5.38. The van der Waals surface area contributed by atoms with Crippen LogP contribution in [0.3, 0.4) is 0 Å². The molecule has 1 atom stereocenters. The van der Waals surface area contributed by atoms with Crippen molar-refractivity contribution in [2.45, 2.75) is 26.3 Å². The maximum Gasteiger partial charge on any atom is 0.330 e. The molecule has 1 rings (SSSR count). The standard InChI is InChI=1S/C11H19NO3/c1-3-10-8-15-7-6-12(10)5-4-9(2)11(13)14/h4,10H,3,5-8H2,1-2H3,(H,13,14). The fraction of sp³-hybridized carbons (Fsp3) is 0.727. The van der Waals surface area contributed by atoms with E-state index < -0.39 is 5.97 Å². The molecule has 0 aromatic heterocycles. The summed E-state index contributed by atoms with van der Waals surface area (Å²) in [7, 11) is 0. The largest absolute Gasteiger partial charge is 0.478 e. The van der Waals surface area contributed by atoms with Crippen LogP contribution in [0.25, 0.3) is 0 Å². The van der Waals surface area contributed by atoms with Crippen molar-refractivity contribution in [1.82, 2.24) is 4.90 Å². The van der Waals surface area contributed by atoms with E-state index in [1.54, 1.807) is 13.0 Å². The summed E-state index contributed by atoms with van der Waals surface area (Å²) in [6, 6.07) is 0.427. The number of hydrogen-bond acceptors (Lipinski definition) is 3. The zero-order chi connectivity index (χ0) is 11.3. The number of carboxylic acids is 1. The van der Waals surface area contributed by atoms with E-state index in [1.165, 1.54) is 0 Å². The number of morpholine rings is 1. The second-order valence-electron chi connectivity index (χ2n) is 3.82. The summed E-state index contributed by atoms with van der Waals surface area (Å²) >= 11 is 0. The molecule has 1 heterocycles. The first-order valence-corrected chi connectivity index (χ1v) is 5.37. The molecule has 0 amide bonds. The van der Waals surface area contributed by atoms with Crippen LogP contribution in [0.5, 0.6) is 0 Å². The Kier molecular flexibility index (Phi) is 4.78. The van der Waals surface area contributed by atoms with Crippen LogP contribution < -0.4 is 0 Å². The number of carbonyl (C=O) groups is 1. The Labute approximate surface area is 90.5 Å². The fourth-order valence-electron chi connectivity index (χ4n) is 1.65. The van der Waals surface area contributed by atoms with Gasteiger partial charge in [-0.05, 0) is 13.3 Å². The molecule has 1 fully saturated rings. The van der Waals surface area contributed by atoms with Gasteiger partial charge in [0.25, 0.3) is 0 Å². The Morgan fingerprint density at radius 1 is 1.67 bits per heavy atom. The van der Waals surface area contributed by atoms with Gasteiger partial charge in [0.05, 0.1) is 13.2 Å². The van der Waals surface area contributed by atoms with Gasteiger partial charge in [-0.25, -0.2) is 4.79 Å². The quantitative estimate of drug-likeness (QED) is 0.711. The van der Waals surface area contributed by atoms with E-state index >= 15 is 0 Å². The summed E-state index contributed by atoms with van der Waals surface area (Å²) in [5.74, 6) is -0.837. The first-order chi connectivity index (χ1) is 7.15. The van der Waals surface area contributed by atoms with Crippen molar-refractivity contribution < 1.29 is 14.6 Å². The van der Waals surface area contributed by atoms with Gasteiger partial charge in [0.1, 0.15) is 0 Å². The molecule has 1 aliphatic rings. The molecular weight excluding hydrogens is 194 g/mol. The summed E-state index contributed by atoms with van der Waals surface area (Å²) in [6.07, 6.45) is 2.82. The minimum absolute atomic E-state index is 0.413. The van der Waals surface area contributed by atoms with Crippen LogP contribution in [0.1, 0.15) is 20.3 Å². The minimum Gasteiger partial charge on any atom is -0.478 e. The number of hydrogen-bond donors (Lipinski definition) is 1. The Morgan fingerprint density at radius 3 is 3.00 bits per heavy atom. The van der Waals surface area contributed by atoms with E-state index in [1.807, 2.05) is 0 Å². The molecule has 4 heteroatoms. The average molecular weight is 213 g/mol. The molecule has 1 saturated heterocycles. The molecule has 86 valence electrons. The van der Waals surface area contributed by atoms with Gasteiger partial charge in [-0.2, -0.15) is 0 Å². The smallest absolute Gasteiger partial charge is 0.330 e. The lowest BCUT2D eigenvalue weighted by Gasteiger charge is -2.34. The summed E-state index contributed by atoms with van der Waals surface area (Å²) in [4.78, 5) is 12.9. The van der Waals surface area contributed by atoms with E-state index in [0.717, 1.165) is 26.2 Å². The zero-order valence-corrected chi connectivity index (χ0v) is 9.40. The Hall–Kier alpha value is -0.870. The molecule has 0 bridgehead atoms. The number of aliphatic carboxylic acids is 1. The maximum atomic E-state index is 10.6. The van der Waals surface area contributed by atoms with Crippen molar-refractivity contribution in [2.75, 3.05) is 26.3 Å². The lowest BCUT2D eigenvalue weighted by molar-refractivity contribution is -0.132. The van der Waals surface area contributed by atoms with Gasteiger partial charge >= 0.3 is 5.97 Å². The maximum absolute atomic E-state index is 10.6. The fourth-order valence-corrected chi connectivity index (χ4v) is 1.65. The number of rotatable bonds is 4. The van der Waals surface area contributed by atoms with Gasteiger partial charge in [-0.15, -0.1) is 0 Å². The van der Waals surface area contributed by atoms with E-state index in [2.05, 4.69) is 11.8 Å². The Morgan fingerprint density at radius 2 is 2.40 bits per heavy atom. The number of carboxylic acid groups (broad SMARTS) is 1. The van der Waals surface area contributed by atoms with Crippen LogP contribution in [-0.2, 0) is 9.53 Å². The van der Waals surface area contributed by atoms with Gasteiger partial charge in [-0.1, -0.05) is 13.0 Å². The zero-order valence-electron chi connectivity index (χ0n) is 9.40. The highest BCUT2D eigenvalue weighted by molar-refractivity contribution is 5.85. The van der Waals surface area contributed by atoms with Crippen molar-refractivity contribution >= 4 is 5.97 Å². The molecule has 0 aliphatic carbocycles. The van der Waals surface area contributed by atoms with Crippen molar-refractivity contribution in [3.8, 4) is 0 Å². The third kappa shape index (κ3) is 3.64. The highest BCUT2D eigenvalue weighted by Gasteiger charge is 2.20. The monoisotopic (exact) mass is 213 g/mol. The van der Waals surface area contributed by atoms with Crippen molar-refractivity contribution in [3.63, 3.8) is 0 Å². The summed E-state index contributed by atoms with van der Waals surface area (Å²) in [6.45, 7) is 6.86. The Bertz CT molecular complexity index is 250. The van der Waals surface area contributed by atoms with Gasteiger partial charge < -0.3 is 9.84 Å². The van der Waals surface area contributed by atoms with Crippen LogP contribution in [0.4, 0.5) is 0 Å². The molecular formula is C11H19NO3. The first kappa shape index (κ1) is 12.2. The SMILES string of the molecule is CCC1COCCN1CC=C(C)C(=O)O. The number of nitrogens with zero attached hydrogens (tertiary/aromatic N) is 1. The predicted molar refractivity (Wildman–Crippen MR) is 57.9 cm³/mol. The highest BCUT2D eigenvalue weighted by atomic mass is 16.5. The van der Waals surface area contributed by atoms with Crippen molar-refractivity contribution in [3.05, 3.63) is 11.6 Å². The van der Waals surface area contributed by atoms with Gasteiger partial charge in [-0.3, -0.25) is 4.90 Å². The minimum atomic E-state index is -0.837. The van der Waals surface area contributed by atoms with Gasteiger partial charge in [0.15, 0.2) is 0 Å². The lowest BCUT2D eigenvalue weighted by atomic mass is 10.1. The predicted octanol–water partition coefficient (Wildman–Crippen LogP) is 1.13. The van der Waals surface area contributed by atoms with Gasteiger partial charge in [0, 0.05) is 24.7 Å². The molecule has 1 aliphatic heterocycles. The molecule has 0 spiro atoms. The van der Waals surface area contributed by atoms with Crippen LogP contribution in [0.2, 0.25) is 0 Å². The van der Waals surface area contributed by atoms with Crippen LogP contribution in [0.15, 0.2) is 11.6 Å². The molecule has 0 aromatic rings. The topological polar surface area (TPSA) is 49.8 Å². The summed E-state index contributed by atoms with van der Waals surface area (Å²) in [5.41, 5.74) is 0.413. The molecule has 0 aromatic carbocycles. The molecule has 1 N–H and O–H groups in total. The third-order valence-corrected chi connectivity index (χ3v) is 2.79. The Balaban J connectivity index is 2.48. The van der Waals surface area contributed by atoms with Crippen LogP contribution in [0, 0.1) is 0 Å². The molecule has 4 nitrogen and oxygen atoms in total. The first-order valence-electron chi connectivity index (χ1n) is 5.37. The molecule has 0 radical (unpaired) electrons. The number of ether oxygens (including phenoxy) is 1. The highest BCUT2D eigenvalue weighted by Crippen LogP contribution is 2.10. The second-order valence-corrected chi connectivity index (χ2v) is 3.82. The van der Waals surface area contributed by atoms with E-state index in [9.17, 15) is 4.79 Å². The average Bonchev–Trinajstić information content (AvgIpc) is 2.26. The van der Waals surface area contributed by atoms with E-state index in [4.69, 9.17) is 9.84 Å². The van der Waals surface area contributed by atoms with Gasteiger partial charge in [0.2, 0.25) is 0 Å². The molecule has 1 unspecified atom stereocenters. The van der Waals surface area contributed by atoms with E-state index in [0.29, 0.717) is 18.2 Å². The molecule has 0 saturated carbocycles. The lowest BCUT2D eigenvalue weighted by Crippen LogP contribution is -2.45.